The monoisotopic (exact) mass is 316 g/mol. The Labute approximate surface area is 134 Å². The van der Waals surface area contributed by atoms with E-state index >= 15 is 0 Å². The zero-order valence-corrected chi connectivity index (χ0v) is 13.6. The molecule has 1 saturated heterocycles. The van der Waals surface area contributed by atoms with Gasteiger partial charge in [0.25, 0.3) is 5.91 Å². The molecule has 0 spiro atoms. The third-order valence-electron chi connectivity index (χ3n) is 3.98. The number of nitrogens with zero attached hydrogens (tertiary/aromatic N) is 3. The number of hydrogen-bond donors (Lipinski definition) is 1. The van der Waals surface area contributed by atoms with Gasteiger partial charge in [0.05, 0.1) is 10.3 Å². The molecule has 116 valence electrons. The number of aromatic nitrogens is 2. The lowest BCUT2D eigenvalue weighted by atomic mass is 10.1. The number of amides is 1. The first-order chi connectivity index (χ1) is 10.7. The lowest BCUT2D eigenvalue weighted by molar-refractivity contribution is 0.0728. The lowest BCUT2D eigenvalue weighted by Gasteiger charge is -2.26. The van der Waals surface area contributed by atoms with Gasteiger partial charge < -0.3 is 10.2 Å². The van der Waals surface area contributed by atoms with Gasteiger partial charge in [0, 0.05) is 19.6 Å². The third-order valence-corrected chi connectivity index (χ3v) is 5.17. The SMILES string of the molecule is C=CCNc1ncnc2sc(C(=O)N3CCCCC3)c(C)c12. The van der Waals surface area contributed by atoms with Gasteiger partial charge in [-0.15, -0.1) is 17.9 Å². The summed E-state index contributed by atoms with van der Waals surface area (Å²) in [7, 11) is 0. The maximum atomic E-state index is 12.8. The number of carbonyl (C=O) groups is 1. The molecule has 0 atom stereocenters. The second kappa shape index (κ2) is 6.44. The van der Waals surface area contributed by atoms with E-state index in [9.17, 15) is 4.79 Å². The highest BCUT2D eigenvalue weighted by molar-refractivity contribution is 7.20. The zero-order chi connectivity index (χ0) is 15.5. The maximum absolute atomic E-state index is 12.8. The summed E-state index contributed by atoms with van der Waals surface area (Å²) in [6.07, 6.45) is 6.74. The van der Waals surface area contributed by atoms with Gasteiger partial charge in [0.1, 0.15) is 17.0 Å². The fourth-order valence-electron chi connectivity index (χ4n) is 2.82. The normalized spacial score (nSPS) is 15.0. The summed E-state index contributed by atoms with van der Waals surface area (Å²) >= 11 is 1.47. The van der Waals surface area contributed by atoms with Crippen molar-refractivity contribution in [2.75, 3.05) is 25.0 Å². The Balaban J connectivity index is 1.98. The fourth-order valence-corrected chi connectivity index (χ4v) is 3.94. The highest BCUT2D eigenvalue weighted by Gasteiger charge is 2.24. The van der Waals surface area contributed by atoms with Crippen LogP contribution in [0.2, 0.25) is 0 Å². The lowest BCUT2D eigenvalue weighted by Crippen LogP contribution is -2.35. The number of rotatable bonds is 4. The second-order valence-electron chi connectivity index (χ2n) is 5.48. The molecule has 22 heavy (non-hydrogen) atoms. The maximum Gasteiger partial charge on any atom is 0.264 e. The summed E-state index contributed by atoms with van der Waals surface area (Å²) in [5, 5.41) is 4.18. The van der Waals surface area contributed by atoms with Crippen LogP contribution in [0, 0.1) is 6.92 Å². The smallest absolute Gasteiger partial charge is 0.264 e. The van der Waals surface area contributed by atoms with Crippen LogP contribution in [0.3, 0.4) is 0 Å². The molecule has 0 bridgehead atoms. The highest BCUT2D eigenvalue weighted by atomic mass is 32.1. The van der Waals surface area contributed by atoms with Crippen molar-refractivity contribution in [3.8, 4) is 0 Å². The van der Waals surface area contributed by atoms with Gasteiger partial charge in [-0.25, -0.2) is 9.97 Å². The number of fused-ring (bicyclic) bond motifs is 1. The molecular weight excluding hydrogens is 296 g/mol. The van der Waals surface area contributed by atoms with Crippen molar-refractivity contribution in [1.82, 2.24) is 14.9 Å². The van der Waals surface area contributed by atoms with E-state index in [1.165, 1.54) is 17.8 Å². The van der Waals surface area contributed by atoms with Gasteiger partial charge in [0.2, 0.25) is 0 Å². The molecule has 6 heteroatoms. The van der Waals surface area contributed by atoms with Crippen LogP contribution in [0.15, 0.2) is 19.0 Å². The van der Waals surface area contributed by atoms with E-state index in [0.717, 1.165) is 52.4 Å². The quantitative estimate of drug-likeness (QED) is 0.880. The van der Waals surface area contributed by atoms with E-state index in [1.807, 2.05) is 11.8 Å². The first-order valence-electron chi connectivity index (χ1n) is 7.60. The third kappa shape index (κ3) is 2.70. The second-order valence-corrected chi connectivity index (χ2v) is 6.48. The van der Waals surface area contributed by atoms with E-state index < -0.39 is 0 Å². The van der Waals surface area contributed by atoms with Crippen LogP contribution in [0.25, 0.3) is 10.2 Å². The van der Waals surface area contributed by atoms with Crippen molar-refractivity contribution in [1.29, 1.82) is 0 Å². The average Bonchev–Trinajstić information content (AvgIpc) is 2.90. The molecule has 0 unspecified atom stereocenters. The predicted molar refractivity (Wildman–Crippen MR) is 90.6 cm³/mol. The molecule has 5 nitrogen and oxygen atoms in total. The Morgan fingerprint density at radius 3 is 2.91 bits per heavy atom. The minimum Gasteiger partial charge on any atom is -0.366 e. The minimum atomic E-state index is 0.134. The summed E-state index contributed by atoms with van der Waals surface area (Å²) in [4.78, 5) is 25.0. The van der Waals surface area contributed by atoms with Gasteiger partial charge in [-0.3, -0.25) is 4.79 Å². The molecule has 0 radical (unpaired) electrons. The topological polar surface area (TPSA) is 58.1 Å². The van der Waals surface area contributed by atoms with Gasteiger partial charge in [-0.1, -0.05) is 6.08 Å². The molecule has 0 saturated carbocycles. The summed E-state index contributed by atoms with van der Waals surface area (Å²) in [5.74, 6) is 0.909. The van der Waals surface area contributed by atoms with Gasteiger partial charge in [0.15, 0.2) is 0 Å². The number of likely N-dealkylation sites (tertiary alicyclic amines) is 1. The molecular formula is C16H20N4OS. The first kappa shape index (κ1) is 15.0. The van der Waals surface area contributed by atoms with Gasteiger partial charge in [-0.05, 0) is 31.7 Å². The number of piperidine rings is 1. The molecule has 2 aromatic rings. The van der Waals surface area contributed by atoms with Crippen molar-refractivity contribution in [2.45, 2.75) is 26.2 Å². The molecule has 0 aromatic carbocycles. The molecule has 1 aliphatic heterocycles. The van der Waals surface area contributed by atoms with Crippen LogP contribution in [0.5, 0.6) is 0 Å². The van der Waals surface area contributed by atoms with Gasteiger partial charge in [-0.2, -0.15) is 0 Å². The number of hydrogen-bond acceptors (Lipinski definition) is 5. The Morgan fingerprint density at radius 1 is 1.41 bits per heavy atom. The van der Waals surface area contributed by atoms with Gasteiger partial charge >= 0.3 is 0 Å². The standard InChI is InChI=1S/C16H20N4OS/c1-3-7-17-14-12-11(2)13(22-15(12)19-10-18-14)16(21)20-8-5-4-6-9-20/h3,10H,1,4-9H2,2H3,(H,17,18,19). The van der Waals surface area contributed by atoms with Crippen LogP contribution < -0.4 is 5.32 Å². The van der Waals surface area contributed by atoms with E-state index in [1.54, 1.807) is 12.4 Å². The molecule has 1 aliphatic rings. The molecule has 1 fully saturated rings. The van der Waals surface area contributed by atoms with Crippen LogP contribution in [0.1, 0.15) is 34.5 Å². The van der Waals surface area contributed by atoms with E-state index in [4.69, 9.17) is 0 Å². The van der Waals surface area contributed by atoms with Crippen LogP contribution in [0.4, 0.5) is 5.82 Å². The number of thiophene rings is 1. The number of anilines is 1. The Bertz CT molecular complexity index is 703. The number of carbonyl (C=O) groups excluding carboxylic acids is 1. The average molecular weight is 316 g/mol. The zero-order valence-electron chi connectivity index (χ0n) is 12.8. The van der Waals surface area contributed by atoms with Crippen molar-refractivity contribution < 1.29 is 4.79 Å². The molecule has 2 aromatic heterocycles. The fraction of sp³-hybridized carbons (Fsp3) is 0.438. The Morgan fingerprint density at radius 2 is 2.18 bits per heavy atom. The summed E-state index contributed by atoms with van der Waals surface area (Å²) < 4.78 is 0. The number of aryl methyl sites for hydroxylation is 1. The van der Waals surface area contributed by atoms with E-state index in [0.29, 0.717) is 6.54 Å². The molecule has 1 amide bonds. The first-order valence-corrected chi connectivity index (χ1v) is 8.42. The van der Waals surface area contributed by atoms with E-state index in [2.05, 4.69) is 21.9 Å². The molecule has 3 rings (SSSR count). The molecule has 3 heterocycles. The van der Waals surface area contributed by atoms with Crippen molar-refractivity contribution in [3.05, 3.63) is 29.4 Å². The highest BCUT2D eigenvalue weighted by Crippen LogP contribution is 2.34. The minimum absolute atomic E-state index is 0.134. The summed E-state index contributed by atoms with van der Waals surface area (Å²) in [6.45, 7) is 8.05. The largest absolute Gasteiger partial charge is 0.366 e. The van der Waals surface area contributed by atoms with Crippen molar-refractivity contribution >= 4 is 33.3 Å². The van der Waals surface area contributed by atoms with Crippen LogP contribution in [-0.4, -0.2) is 40.4 Å². The Kier molecular flexibility index (Phi) is 4.38. The van der Waals surface area contributed by atoms with Crippen molar-refractivity contribution in [3.63, 3.8) is 0 Å². The van der Waals surface area contributed by atoms with Crippen molar-refractivity contribution in [2.24, 2.45) is 0 Å². The molecule has 0 aliphatic carbocycles. The van der Waals surface area contributed by atoms with Crippen LogP contribution in [-0.2, 0) is 0 Å². The Hall–Kier alpha value is -1.95. The predicted octanol–water partition coefficient (Wildman–Crippen LogP) is 3.22. The summed E-state index contributed by atoms with van der Waals surface area (Å²) in [5.41, 5.74) is 0.975. The number of nitrogens with one attached hydrogen (secondary N) is 1. The van der Waals surface area contributed by atoms with Crippen LogP contribution >= 0.6 is 11.3 Å². The van der Waals surface area contributed by atoms with E-state index in [-0.39, 0.29) is 5.91 Å². The molecule has 1 N–H and O–H groups in total. The summed E-state index contributed by atoms with van der Waals surface area (Å²) in [6, 6.07) is 0.